The molecule has 5 nitrogen and oxygen atoms in total. The molecule has 0 aliphatic heterocycles. The summed E-state index contributed by atoms with van der Waals surface area (Å²) < 4.78 is 40.0. The number of ether oxygens (including phenoxy) is 1. The van der Waals surface area contributed by atoms with Crippen LogP contribution in [0.2, 0.25) is 0 Å². The second kappa shape index (κ2) is 5.64. The Morgan fingerprint density at radius 2 is 1.78 bits per heavy atom. The smallest absolute Gasteiger partial charge is 0.406 e. The highest BCUT2D eigenvalue weighted by Gasteiger charge is 2.31. The van der Waals surface area contributed by atoms with Gasteiger partial charge in [0, 0.05) is 5.56 Å². The topological polar surface area (TPSA) is 67.0 Å². The van der Waals surface area contributed by atoms with Crippen LogP contribution in [0.4, 0.5) is 19.1 Å². The van der Waals surface area contributed by atoms with Gasteiger partial charge in [0.2, 0.25) is 5.95 Å². The molecule has 0 radical (unpaired) electrons. The number of benzene rings is 2. The minimum atomic E-state index is -4.77. The third-order valence-corrected chi connectivity index (χ3v) is 2.97. The standard InChI is InChI=1S/C15H10F3N3O2/c16-15(17,18)23-10-7-5-9(6-8-10)13(22)21-14-19-11-3-1-2-4-12(11)20-14/h1-8H,(H2,19,20,21,22). The molecule has 2 aromatic carbocycles. The number of nitrogens with zero attached hydrogens (tertiary/aromatic N) is 1. The zero-order valence-corrected chi connectivity index (χ0v) is 11.5. The number of aromatic amines is 1. The molecule has 118 valence electrons. The summed E-state index contributed by atoms with van der Waals surface area (Å²) in [6, 6.07) is 11.8. The van der Waals surface area contributed by atoms with E-state index in [1.54, 1.807) is 12.1 Å². The minimum Gasteiger partial charge on any atom is -0.406 e. The summed E-state index contributed by atoms with van der Waals surface area (Å²) in [5.74, 6) is -0.632. The molecule has 1 heterocycles. The van der Waals surface area contributed by atoms with Gasteiger partial charge < -0.3 is 9.72 Å². The van der Waals surface area contributed by atoms with Gasteiger partial charge in [-0.15, -0.1) is 13.2 Å². The third kappa shape index (κ3) is 3.60. The number of amides is 1. The SMILES string of the molecule is O=C(Nc1nc2ccccc2[nH]1)c1ccc(OC(F)(F)F)cc1. The lowest BCUT2D eigenvalue weighted by atomic mass is 10.2. The van der Waals surface area contributed by atoms with Gasteiger partial charge in [0.25, 0.3) is 5.91 Å². The summed E-state index contributed by atoms with van der Waals surface area (Å²) in [5, 5.41) is 2.55. The van der Waals surface area contributed by atoms with Crippen LogP contribution in [0.15, 0.2) is 48.5 Å². The number of H-pyrrole nitrogens is 1. The summed E-state index contributed by atoms with van der Waals surface area (Å²) in [6.45, 7) is 0. The largest absolute Gasteiger partial charge is 0.573 e. The molecule has 0 atom stereocenters. The minimum absolute atomic E-state index is 0.181. The number of alkyl halides is 3. The Kier molecular flexibility index (Phi) is 3.65. The van der Waals surface area contributed by atoms with Crippen LogP contribution in [0.5, 0.6) is 5.75 Å². The Morgan fingerprint density at radius 1 is 1.09 bits per heavy atom. The van der Waals surface area contributed by atoms with Gasteiger partial charge in [0.1, 0.15) is 5.75 Å². The zero-order valence-electron chi connectivity index (χ0n) is 11.5. The number of carbonyl (C=O) groups excluding carboxylic acids is 1. The first-order valence-electron chi connectivity index (χ1n) is 6.53. The van der Waals surface area contributed by atoms with Crippen LogP contribution < -0.4 is 10.1 Å². The molecule has 0 bridgehead atoms. The van der Waals surface area contributed by atoms with Crippen LogP contribution >= 0.6 is 0 Å². The zero-order chi connectivity index (χ0) is 16.4. The highest BCUT2D eigenvalue weighted by Crippen LogP contribution is 2.23. The van der Waals surface area contributed by atoms with Gasteiger partial charge in [-0.3, -0.25) is 10.1 Å². The van der Waals surface area contributed by atoms with E-state index in [1.807, 2.05) is 12.1 Å². The maximum absolute atomic E-state index is 12.1. The van der Waals surface area contributed by atoms with Gasteiger partial charge in [-0.1, -0.05) is 12.1 Å². The van der Waals surface area contributed by atoms with Crippen LogP contribution in [-0.4, -0.2) is 22.2 Å². The van der Waals surface area contributed by atoms with Gasteiger partial charge in [0.05, 0.1) is 11.0 Å². The predicted molar refractivity (Wildman–Crippen MR) is 77.2 cm³/mol. The van der Waals surface area contributed by atoms with E-state index in [2.05, 4.69) is 20.0 Å². The average Bonchev–Trinajstić information content (AvgIpc) is 2.88. The molecule has 0 saturated carbocycles. The number of carbonyl (C=O) groups is 1. The van der Waals surface area contributed by atoms with Crippen LogP contribution in [0.25, 0.3) is 11.0 Å². The number of fused-ring (bicyclic) bond motifs is 1. The van der Waals surface area contributed by atoms with Crippen molar-refractivity contribution in [3.63, 3.8) is 0 Å². The number of halogens is 3. The first-order chi connectivity index (χ1) is 10.9. The van der Waals surface area contributed by atoms with Crippen molar-refractivity contribution in [1.82, 2.24) is 9.97 Å². The Balaban J connectivity index is 1.72. The van der Waals surface area contributed by atoms with Crippen molar-refractivity contribution in [1.29, 1.82) is 0 Å². The van der Waals surface area contributed by atoms with Crippen LogP contribution in [0.1, 0.15) is 10.4 Å². The second-order valence-corrected chi connectivity index (χ2v) is 4.63. The average molecular weight is 321 g/mol. The molecule has 0 aliphatic carbocycles. The Morgan fingerprint density at radius 3 is 2.43 bits per heavy atom. The quantitative estimate of drug-likeness (QED) is 0.773. The predicted octanol–water partition coefficient (Wildman–Crippen LogP) is 3.71. The van der Waals surface area contributed by atoms with Crippen LogP contribution in [-0.2, 0) is 0 Å². The van der Waals surface area contributed by atoms with Crippen molar-refractivity contribution < 1.29 is 22.7 Å². The van der Waals surface area contributed by atoms with Crippen molar-refractivity contribution in [2.45, 2.75) is 6.36 Å². The number of aromatic nitrogens is 2. The Hall–Kier alpha value is -3.03. The van der Waals surface area contributed by atoms with Gasteiger partial charge in [-0.2, -0.15) is 0 Å². The van der Waals surface area contributed by atoms with Crippen LogP contribution in [0.3, 0.4) is 0 Å². The van der Waals surface area contributed by atoms with E-state index in [0.717, 1.165) is 17.6 Å². The Labute approximate surface area is 128 Å². The number of hydrogen-bond donors (Lipinski definition) is 2. The molecular weight excluding hydrogens is 311 g/mol. The molecule has 0 saturated heterocycles. The monoisotopic (exact) mass is 321 g/mol. The van der Waals surface area contributed by atoms with Gasteiger partial charge in [0.15, 0.2) is 0 Å². The molecule has 0 fully saturated rings. The molecule has 1 amide bonds. The molecule has 1 aromatic heterocycles. The van der Waals surface area contributed by atoms with E-state index in [9.17, 15) is 18.0 Å². The molecular formula is C15H10F3N3O2. The number of rotatable bonds is 3. The fraction of sp³-hybridized carbons (Fsp3) is 0.0667. The number of nitrogens with one attached hydrogen (secondary N) is 2. The fourth-order valence-corrected chi connectivity index (χ4v) is 2.00. The summed E-state index contributed by atoms with van der Waals surface area (Å²) in [5.41, 5.74) is 1.63. The highest BCUT2D eigenvalue weighted by molar-refractivity contribution is 6.04. The van der Waals surface area contributed by atoms with E-state index in [-0.39, 0.29) is 11.5 Å². The van der Waals surface area contributed by atoms with E-state index >= 15 is 0 Å². The van der Waals surface area contributed by atoms with Gasteiger partial charge in [-0.05, 0) is 36.4 Å². The number of imidazole rings is 1. The van der Waals surface area contributed by atoms with Crippen molar-refractivity contribution >= 4 is 22.9 Å². The van der Waals surface area contributed by atoms with E-state index in [4.69, 9.17) is 0 Å². The maximum Gasteiger partial charge on any atom is 0.573 e. The van der Waals surface area contributed by atoms with Crippen molar-refractivity contribution in [3.8, 4) is 5.75 Å². The van der Waals surface area contributed by atoms with Crippen molar-refractivity contribution in [2.75, 3.05) is 5.32 Å². The molecule has 23 heavy (non-hydrogen) atoms. The van der Waals surface area contributed by atoms with Crippen LogP contribution in [0, 0.1) is 0 Å². The number of anilines is 1. The maximum atomic E-state index is 12.1. The summed E-state index contributed by atoms with van der Waals surface area (Å²) >= 11 is 0. The highest BCUT2D eigenvalue weighted by atomic mass is 19.4. The molecule has 3 rings (SSSR count). The number of para-hydroxylation sites is 2. The summed E-state index contributed by atoms with van der Waals surface area (Å²) in [6.07, 6.45) is -4.77. The fourth-order valence-electron chi connectivity index (χ4n) is 2.00. The molecule has 0 aliphatic rings. The molecule has 0 unspecified atom stereocenters. The summed E-state index contributed by atoms with van der Waals surface area (Å²) in [4.78, 5) is 19.2. The van der Waals surface area contributed by atoms with Crippen molar-refractivity contribution in [3.05, 3.63) is 54.1 Å². The Bertz CT molecular complexity index is 808. The van der Waals surface area contributed by atoms with E-state index in [1.165, 1.54) is 12.1 Å². The molecule has 2 N–H and O–H groups in total. The van der Waals surface area contributed by atoms with Gasteiger partial charge >= 0.3 is 6.36 Å². The van der Waals surface area contributed by atoms with E-state index in [0.29, 0.717) is 5.52 Å². The lowest BCUT2D eigenvalue weighted by Crippen LogP contribution is -2.17. The molecule has 0 spiro atoms. The lowest BCUT2D eigenvalue weighted by Gasteiger charge is -2.09. The molecule has 3 aromatic rings. The molecule has 8 heteroatoms. The second-order valence-electron chi connectivity index (χ2n) is 4.63. The van der Waals surface area contributed by atoms with Crippen molar-refractivity contribution in [2.24, 2.45) is 0 Å². The summed E-state index contributed by atoms with van der Waals surface area (Å²) in [7, 11) is 0. The van der Waals surface area contributed by atoms with E-state index < -0.39 is 18.0 Å². The van der Waals surface area contributed by atoms with Gasteiger partial charge in [-0.25, -0.2) is 4.98 Å². The number of hydrogen-bond acceptors (Lipinski definition) is 3. The lowest BCUT2D eigenvalue weighted by molar-refractivity contribution is -0.274. The normalized spacial score (nSPS) is 11.4. The first kappa shape index (κ1) is 14.9. The first-order valence-corrected chi connectivity index (χ1v) is 6.53. The third-order valence-electron chi connectivity index (χ3n) is 2.97.